The maximum atomic E-state index is 5.62. The van der Waals surface area contributed by atoms with E-state index in [1.807, 2.05) is 18.2 Å². The fourth-order valence-corrected chi connectivity index (χ4v) is 2.25. The van der Waals surface area contributed by atoms with E-state index in [4.69, 9.17) is 10.5 Å². The van der Waals surface area contributed by atoms with Crippen molar-refractivity contribution in [2.45, 2.75) is 6.42 Å². The summed E-state index contributed by atoms with van der Waals surface area (Å²) in [4.78, 5) is 4.18. The van der Waals surface area contributed by atoms with Crippen molar-refractivity contribution < 1.29 is 4.74 Å². The Morgan fingerprint density at radius 3 is 3.13 bits per heavy atom. The molecule has 2 rings (SSSR count). The van der Waals surface area contributed by atoms with Crippen LogP contribution >= 0.6 is 27.3 Å². The maximum absolute atomic E-state index is 5.62. The third-order valence-corrected chi connectivity index (χ3v) is 3.33. The zero-order valence-electron chi connectivity index (χ0n) is 8.07. The van der Waals surface area contributed by atoms with Gasteiger partial charge >= 0.3 is 0 Å². The number of anilines is 1. The number of nitrogens with zero attached hydrogens (tertiary/aromatic N) is 1. The molecule has 0 unspecified atom stereocenters. The summed E-state index contributed by atoms with van der Waals surface area (Å²) < 4.78 is 6.64. The van der Waals surface area contributed by atoms with Crippen molar-refractivity contribution in [3.63, 3.8) is 0 Å². The van der Waals surface area contributed by atoms with Crippen LogP contribution in [0, 0.1) is 0 Å². The summed E-state index contributed by atoms with van der Waals surface area (Å²) in [5.41, 5.74) is 6.56. The highest BCUT2D eigenvalue weighted by Gasteiger charge is 2.02. The van der Waals surface area contributed by atoms with Gasteiger partial charge < -0.3 is 10.5 Å². The van der Waals surface area contributed by atoms with E-state index >= 15 is 0 Å². The Hall–Kier alpha value is -0.810. The summed E-state index contributed by atoms with van der Waals surface area (Å²) in [5, 5.41) is 1.56. The van der Waals surface area contributed by atoms with Crippen molar-refractivity contribution >= 4 is 42.6 Å². The lowest BCUT2D eigenvalue weighted by molar-refractivity contribution is 0.319. The number of ether oxygens (including phenoxy) is 1. The van der Waals surface area contributed by atoms with Gasteiger partial charge in [-0.2, -0.15) is 0 Å². The van der Waals surface area contributed by atoms with Crippen molar-refractivity contribution in [2.24, 2.45) is 0 Å². The van der Waals surface area contributed by atoms with Gasteiger partial charge in [0.15, 0.2) is 5.13 Å². The van der Waals surface area contributed by atoms with Crippen molar-refractivity contribution in [3.8, 4) is 5.75 Å². The summed E-state index contributed by atoms with van der Waals surface area (Å²) in [6.45, 7) is 0.727. The van der Waals surface area contributed by atoms with E-state index in [1.54, 1.807) is 0 Å². The first-order valence-corrected chi connectivity index (χ1v) is 6.58. The number of thiazole rings is 1. The molecule has 1 aromatic heterocycles. The Morgan fingerprint density at radius 1 is 1.47 bits per heavy atom. The SMILES string of the molecule is Nc1nc2ccc(OCCCBr)cc2s1. The molecule has 1 aromatic carbocycles. The first-order valence-electron chi connectivity index (χ1n) is 4.64. The molecule has 0 aliphatic heterocycles. The quantitative estimate of drug-likeness (QED) is 0.694. The predicted molar refractivity (Wildman–Crippen MR) is 67.9 cm³/mol. The van der Waals surface area contributed by atoms with E-state index in [1.165, 1.54) is 11.3 Å². The second-order valence-corrected chi connectivity index (χ2v) is 4.93. The topological polar surface area (TPSA) is 48.1 Å². The van der Waals surface area contributed by atoms with E-state index in [0.717, 1.165) is 34.3 Å². The monoisotopic (exact) mass is 286 g/mol. The Bertz CT molecular complexity index is 458. The molecule has 0 bridgehead atoms. The van der Waals surface area contributed by atoms with Crippen LogP contribution in [-0.4, -0.2) is 16.9 Å². The number of aromatic nitrogens is 1. The Kier molecular flexibility index (Phi) is 3.43. The third kappa shape index (κ3) is 2.60. The van der Waals surface area contributed by atoms with Gasteiger partial charge in [0.2, 0.25) is 0 Å². The Morgan fingerprint density at radius 2 is 2.33 bits per heavy atom. The number of halogens is 1. The zero-order chi connectivity index (χ0) is 10.7. The van der Waals surface area contributed by atoms with Crippen LogP contribution in [0.3, 0.4) is 0 Å². The van der Waals surface area contributed by atoms with Gasteiger partial charge in [-0.15, -0.1) is 0 Å². The lowest BCUT2D eigenvalue weighted by Crippen LogP contribution is -1.96. The fourth-order valence-electron chi connectivity index (χ4n) is 1.26. The second-order valence-electron chi connectivity index (χ2n) is 3.07. The molecular weight excluding hydrogens is 276 g/mol. The van der Waals surface area contributed by atoms with Gasteiger partial charge in [0.05, 0.1) is 16.8 Å². The molecule has 0 saturated carbocycles. The van der Waals surface area contributed by atoms with Gasteiger partial charge in [-0.1, -0.05) is 27.3 Å². The third-order valence-electron chi connectivity index (χ3n) is 1.92. The average molecular weight is 287 g/mol. The van der Waals surface area contributed by atoms with Crippen LogP contribution < -0.4 is 10.5 Å². The summed E-state index contributed by atoms with van der Waals surface area (Å²) in [7, 11) is 0. The molecule has 0 atom stereocenters. The lowest BCUT2D eigenvalue weighted by atomic mass is 10.3. The molecule has 0 amide bonds. The van der Waals surface area contributed by atoms with Gasteiger partial charge in [0.25, 0.3) is 0 Å². The van der Waals surface area contributed by atoms with Crippen LogP contribution in [0.5, 0.6) is 5.75 Å². The predicted octanol–water partition coefficient (Wildman–Crippen LogP) is 3.04. The zero-order valence-corrected chi connectivity index (χ0v) is 10.5. The van der Waals surface area contributed by atoms with E-state index in [-0.39, 0.29) is 0 Å². The number of hydrogen-bond acceptors (Lipinski definition) is 4. The van der Waals surface area contributed by atoms with E-state index in [9.17, 15) is 0 Å². The molecule has 0 spiro atoms. The summed E-state index contributed by atoms with van der Waals surface area (Å²) >= 11 is 4.84. The number of hydrogen-bond donors (Lipinski definition) is 1. The molecule has 0 saturated heterocycles. The molecule has 2 aromatic rings. The maximum Gasteiger partial charge on any atom is 0.181 e. The van der Waals surface area contributed by atoms with Gasteiger partial charge in [0.1, 0.15) is 5.75 Å². The Labute approximate surface area is 100 Å². The molecule has 0 aliphatic rings. The summed E-state index contributed by atoms with van der Waals surface area (Å²) in [5.74, 6) is 0.882. The number of nitrogens with two attached hydrogens (primary N) is 1. The molecule has 5 heteroatoms. The minimum Gasteiger partial charge on any atom is -0.494 e. The standard InChI is InChI=1S/C10H11BrN2OS/c11-4-1-5-14-7-2-3-8-9(6-7)15-10(12)13-8/h2-3,6H,1,4-5H2,(H2,12,13). The van der Waals surface area contributed by atoms with Crippen molar-refractivity contribution in [1.82, 2.24) is 4.98 Å². The van der Waals surface area contributed by atoms with Crippen molar-refractivity contribution in [2.75, 3.05) is 17.7 Å². The van der Waals surface area contributed by atoms with Crippen molar-refractivity contribution in [3.05, 3.63) is 18.2 Å². The highest BCUT2D eigenvalue weighted by molar-refractivity contribution is 9.09. The van der Waals surface area contributed by atoms with E-state index in [2.05, 4.69) is 20.9 Å². The molecule has 0 aliphatic carbocycles. The van der Waals surface area contributed by atoms with Crippen LogP contribution in [0.15, 0.2) is 18.2 Å². The fraction of sp³-hybridized carbons (Fsp3) is 0.300. The minimum atomic E-state index is 0.600. The smallest absolute Gasteiger partial charge is 0.181 e. The van der Waals surface area contributed by atoms with Crippen LogP contribution in [0.1, 0.15) is 6.42 Å². The van der Waals surface area contributed by atoms with Crippen LogP contribution in [0.4, 0.5) is 5.13 Å². The molecular formula is C10H11BrN2OS. The molecule has 0 fully saturated rings. The summed E-state index contributed by atoms with van der Waals surface area (Å²) in [6.07, 6.45) is 1.00. The molecule has 15 heavy (non-hydrogen) atoms. The lowest BCUT2D eigenvalue weighted by Gasteiger charge is -2.03. The van der Waals surface area contributed by atoms with Gasteiger partial charge in [-0.05, 0) is 24.6 Å². The number of fused-ring (bicyclic) bond motifs is 1. The van der Waals surface area contributed by atoms with E-state index < -0.39 is 0 Å². The second kappa shape index (κ2) is 4.81. The van der Waals surface area contributed by atoms with Gasteiger partial charge in [-0.3, -0.25) is 0 Å². The van der Waals surface area contributed by atoms with E-state index in [0.29, 0.717) is 5.13 Å². The first kappa shape index (κ1) is 10.7. The van der Waals surface area contributed by atoms with Crippen LogP contribution in [0.2, 0.25) is 0 Å². The number of nitrogen functional groups attached to an aromatic ring is 1. The number of rotatable bonds is 4. The van der Waals surface area contributed by atoms with Crippen molar-refractivity contribution in [1.29, 1.82) is 0 Å². The molecule has 3 nitrogen and oxygen atoms in total. The molecule has 2 N–H and O–H groups in total. The number of alkyl halides is 1. The average Bonchev–Trinajstić information content (AvgIpc) is 2.57. The first-order chi connectivity index (χ1) is 7.29. The molecule has 80 valence electrons. The van der Waals surface area contributed by atoms with Crippen LogP contribution in [-0.2, 0) is 0 Å². The van der Waals surface area contributed by atoms with Gasteiger partial charge in [-0.25, -0.2) is 4.98 Å². The normalized spacial score (nSPS) is 10.7. The van der Waals surface area contributed by atoms with Gasteiger partial charge in [0, 0.05) is 5.33 Å². The van der Waals surface area contributed by atoms with Crippen LogP contribution in [0.25, 0.3) is 10.2 Å². The molecule has 0 radical (unpaired) electrons. The Balaban J connectivity index is 2.15. The largest absolute Gasteiger partial charge is 0.494 e. The minimum absolute atomic E-state index is 0.600. The molecule has 1 heterocycles. The highest BCUT2D eigenvalue weighted by atomic mass is 79.9. The number of benzene rings is 1. The summed E-state index contributed by atoms with van der Waals surface area (Å²) in [6, 6.07) is 5.85. The highest BCUT2D eigenvalue weighted by Crippen LogP contribution is 2.27.